The van der Waals surface area contributed by atoms with Crippen LogP contribution in [0, 0.1) is 5.82 Å². The number of carbonyl (C=O) groups is 1. The van der Waals surface area contributed by atoms with Gasteiger partial charge in [-0.2, -0.15) is 11.8 Å². The van der Waals surface area contributed by atoms with Crippen LogP contribution < -0.4 is 5.32 Å². The van der Waals surface area contributed by atoms with Crippen LogP contribution in [0.1, 0.15) is 12.0 Å². The predicted octanol–water partition coefficient (Wildman–Crippen LogP) is 3.79. The highest BCUT2D eigenvalue weighted by molar-refractivity contribution is 7.98. The Bertz CT molecular complexity index is 649. The van der Waals surface area contributed by atoms with Gasteiger partial charge < -0.3 is 10.4 Å². The lowest BCUT2D eigenvalue weighted by Crippen LogP contribution is -2.36. The first-order valence-corrected chi connectivity index (χ1v) is 8.80. The van der Waals surface area contributed by atoms with Gasteiger partial charge in [0.25, 0.3) is 0 Å². The van der Waals surface area contributed by atoms with E-state index in [9.17, 15) is 14.3 Å². The van der Waals surface area contributed by atoms with E-state index < -0.39 is 12.0 Å². The Hall–Kier alpha value is -1.85. The van der Waals surface area contributed by atoms with Gasteiger partial charge in [0.2, 0.25) is 0 Å². The van der Waals surface area contributed by atoms with Crippen LogP contribution in [0.5, 0.6) is 0 Å². The average molecular weight is 333 g/mol. The molecule has 0 spiro atoms. The molecule has 2 rings (SSSR count). The van der Waals surface area contributed by atoms with Crippen LogP contribution >= 0.6 is 11.8 Å². The molecule has 0 aliphatic rings. The second-order valence-electron chi connectivity index (χ2n) is 5.23. The molecule has 0 saturated carbocycles. The van der Waals surface area contributed by atoms with Gasteiger partial charge in [-0.25, -0.2) is 4.39 Å². The molecular formula is C18H20FNO2S. The number of benzene rings is 2. The monoisotopic (exact) mass is 333 g/mol. The standard InChI is InChI=1S/C18H20FNO2S/c1-23-10-9-17(18(21)22)20-12-15-8-7-14(11-16(15)19)13-5-3-2-4-6-13/h2-8,11,17,20H,9-10,12H2,1H3,(H,21,22)/t17-/m0/s1. The minimum atomic E-state index is -0.902. The van der Waals surface area contributed by atoms with Gasteiger partial charge in [-0.3, -0.25) is 4.79 Å². The zero-order valence-electron chi connectivity index (χ0n) is 13.0. The number of halogens is 1. The van der Waals surface area contributed by atoms with Gasteiger partial charge in [0.15, 0.2) is 0 Å². The van der Waals surface area contributed by atoms with E-state index >= 15 is 0 Å². The Morgan fingerprint density at radius 2 is 1.96 bits per heavy atom. The third kappa shape index (κ3) is 5.08. The molecule has 2 aromatic rings. The summed E-state index contributed by atoms with van der Waals surface area (Å²) in [7, 11) is 0. The van der Waals surface area contributed by atoms with E-state index in [1.165, 1.54) is 6.07 Å². The molecule has 0 fully saturated rings. The number of hydrogen-bond acceptors (Lipinski definition) is 3. The molecule has 0 heterocycles. The van der Waals surface area contributed by atoms with Crippen molar-refractivity contribution in [3.05, 3.63) is 59.9 Å². The third-order valence-electron chi connectivity index (χ3n) is 3.61. The lowest BCUT2D eigenvalue weighted by molar-refractivity contribution is -0.139. The van der Waals surface area contributed by atoms with Crippen molar-refractivity contribution >= 4 is 17.7 Å². The Balaban J connectivity index is 2.05. The zero-order valence-corrected chi connectivity index (χ0v) is 13.8. The Morgan fingerprint density at radius 1 is 1.22 bits per heavy atom. The highest BCUT2D eigenvalue weighted by Crippen LogP contribution is 2.21. The fourth-order valence-corrected chi connectivity index (χ4v) is 2.75. The number of carboxylic acids is 1. The van der Waals surface area contributed by atoms with Gasteiger partial charge in [0.1, 0.15) is 11.9 Å². The van der Waals surface area contributed by atoms with Crippen LogP contribution in [0.15, 0.2) is 48.5 Å². The number of aliphatic carboxylic acids is 1. The maximum Gasteiger partial charge on any atom is 0.320 e. The molecule has 3 nitrogen and oxygen atoms in total. The summed E-state index contributed by atoms with van der Waals surface area (Å²) in [5, 5.41) is 12.1. The second-order valence-corrected chi connectivity index (χ2v) is 6.21. The second kappa shape index (κ2) is 8.70. The molecule has 23 heavy (non-hydrogen) atoms. The van der Waals surface area contributed by atoms with E-state index in [1.807, 2.05) is 42.7 Å². The smallest absolute Gasteiger partial charge is 0.320 e. The molecule has 0 aromatic heterocycles. The molecular weight excluding hydrogens is 313 g/mol. The Kier molecular flexibility index (Phi) is 6.62. The molecule has 2 aromatic carbocycles. The van der Waals surface area contributed by atoms with Crippen LogP contribution in [0.2, 0.25) is 0 Å². The Labute approximate surface area is 139 Å². The first-order chi connectivity index (χ1) is 11.1. The molecule has 122 valence electrons. The van der Waals surface area contributed by atoms with Crippen molar-refractivity contribution in [1.29, 1.82) is 0 Å². The molecule has 0 saturated heterocycles. The number of nitrogens with one attached hydrogen (secondary N) is 1. The quantitative estimate of drug-likeness (QED) is 0.772. The number of thioether (sulfide) groups is 1. The van der Waals surface area contributed by atoms with Crippen LogP contribution in [0.4, 0.5) is 4.39 Å². The minimum absolute atomic E-state index is 0.201. The summed E-state index contributed by atoms with van der Waals surface area (Å²) in [6.07, 6.45) is 2.45. The van der Waals surface area contributed by atoms with Gasteiger partial charge >= 0.3 is 5.97 Å². The summed E-state index contributed by atoms with van der Waals surface area (Å²) >= 11 is 1.59. The van der Waals surface area contributed by atoms with E-state index in [4.69, 9.17) is 0 Å². The van der Waals surface area contributed by atoms with E-state index in [0.717, 1.165) is 16.9 Å². The molecule has 0 aliphatic carbocycles. The highest BCUT2D eigenvalue weighted by Gasteiger charge is 2.16. The normalized spacial score (nSPS) is 12.1. The first-order valence-electron chi connectivity index (χ1n) is 7.41. The maximum atomic E-state index is 14.2. The molecule has 0 radical (unpaired) electrons. The molecule has 1 atom stereocenters. The Morgan fingerprint density at radius 3 is 2.57 bits per heavy atom. The summed E-state index contributed by atoms with van der Waals surface area (Å²) in [6.45, 7) is 0.201. The van der Waals surface area contributed by atoms with Crippen LogP contribution in [-0.2, 0) is 11.3 Å². The number of hydrogen-bond donors (Lipinski definition) is 2. The lowest BCUT2D eigenvalue weighted by Gasteiger charge is -2.14. The minimum Gasteiger partial charge on any atom is -0.480 e. The first kappa shape index (κ1) is 17.5. The maximum absolute atomic E-state index is 14.2. The number of rotatable bonds is 8. The molecule has 0 unspecified atom stereocenters. The van der Waals surface area contributed by atoms with Gasteiger partial charge in [-0.05, 0) is 35.6 Å². The van der Waals surface area contributed by atoms with Gasteiger partial charge in [-0.1, -0.05) is 42.5 Å². The van der Waals surface area contributed by atoms with Crippen molar-refractivity contribution in [1.82, 2.24) is 5.32 Å². The van der Waals surface area contributed by atoms with Gasteiger partial charge in [-0.15, -0.1) is 0 Å². The fraction of sp³-hybridized carbons (Fsp3) is 0.278. The molecule has 0 bridgehead atoms. The lowest BCUT2D eigenvalue weighted by atomic mass is 10.0. The largest absolute Gasteiger partial charge is 0.480 e. The number of carboxylic acid groups (broad SMARTS) is 1. The van der Waals surface area contributed by atoms with Gasteiger partial charge in [0.05, 0.1) is 0 Å². The van der Waals surface area contributed by atoms with Crippen LogP contribution in [0.3, 0.4) is 0 Å². The predicted molar refractivity (Wildman–Crippen MR) is 93.1 cm³/mol. The fourth-order valence-electron chi connectivity index (χ4n) is 2.28. The third-order valence-corrected chi connectivity index (χ3v) is 4.25. The van der Waals surface area contributed by atoms with Crippen molar-refractivity contribution in [2.75, 3.05) is 12.0 Å². The van der Waals surface area contributed by atoms with Crippen LogP contribution in [-0.4, -0.2) is 29.1 Å². The molecule has 0 amide bonds. The summed E-state index contributed by atoms with van der Waals surface area (Å²) in [4.78, 5) is 11.2. The molecule has 0 aliphatic heterocycles. The summed E-state index contributed by atoms with van der Waals surface area (Å²) < 4.78 is 14.2. The van der Waals surface area contributed by atoms with Crippen molar-refractivity contribution < 1.29 is 14.3 Å². The van der Waals surface area contributed by atoms with Crippen LogP contribution in [0.25, 0.3) is 11.1 Å². The van der Waals surface area contributed by atoms with E-state index in [-0.39, 0.29) is 12.4 Å². The van der Waals surface area contributed by atoms with E-state index in [1.54, 1.807) is 17.8 Å². The van der Waals surface area contributed by atoms with Crippen molar-refractivity contribution in [3.63, 3.8) is 0 Å². The van der Waals surface area contributed by atoms with Crippen molar-refractivity contribution in [3.8, 4) is 11.1 Å². The van der Waals surface area contributed by atoms with Crippen molar-refractivity contribution in [2.24, 2.45) is 0 Å². The van der Waals surface area contributed by atoms with E-state index in [2.05, 4.69) is 5.32 Å². The summed E-state index contributed by atoms with van der Waals surface area (Å²) in [6, 6.07) is 14.0. The SMILES string of the molecule is CSCC[C@H](NCc1ccc(-c2ccccc2)cc1F)C(=O)O. The highest BCUT2D eigenvalue weighted by atomic mass is 32.2. The average Bonchev–Trinajstić information content (AvgIpc) is 2.56. The van der Waals surface area contributed by atoms with Gasteiger partial charge in [0, 0.05) is 12.1 Å². The topological polar surface area (TPSA) is 49.3 Å². The van der Waals surface area contributed by atoms with Crippen molar-refractivity contribution in [2.45, 2.75) is 19.0 Å². The molecule has 5 heteroatoms. The summed E-state index contributed by atoms with van der Waals surface area (Å²) in [5.41, 5.74) is 2.23. The molecule has 2 N–H and O–H groups in total. The summed E-state index contributed by atoms with van der Waals surface area (Å²) in [5.74, 6) is -0.479. The zero-order chi connectivity index (χ0) is 16.7. The van der Waals surface area contributed by atoms with E-state index in [0.29, 0.717) is 12.0 Å².